The standard InChI is InChI=1S/C27H25F3N4O3/c1-32-11-13-33(14-12-32)22-4-2-3-19(15-22)17-34-18-21(7-10-26(34)35)24-16-25(37-31-24)20-5-8-23(9-6-20)36-27(28,29)30/h2-10,15-16,18H,11-14,17H2,1H3. The lowest BCUT2D eigenvalue weighted by atomic mass is 10.1. The van der Waals surface area contributed by atoms with Gasteiger partial charge in [-0.25, -0.2) is 0 Å². The van der Waals surface area contributed by atoms with Crippen LogP contribution < -0.4 is 15.2 Å². The highest BCUT2D eigenvalue weighted by Crippen LogP contribution is 2.29. The minimum absolute atomic E-state index is 0.141. The Morgan fingerprint density at radius 2 is 1.68 bits per heavy atom. The number of halogens is 3. The molecule has 0 amide bonds. The van der Waals surface area contributed by atoms with Crippen LogP contribution in [0.1, 0.15) is 5.56 Å². The number of pyridine rings is 1. The van der Waals surface area contributed by atoms with Crippen molar-refractivity contribution in [2.45, 2.75) is 12.9 Å². The molecule has 0 unspecified atom stereocenters. The number of anilines is 1. The molecule has 0 radical (unpaired) electrons. The fraction of sp³-hybridized carbons (Fsp3) is 0.259. The van der Waals surface area contributed by atoms with Gasteiger partial charge in [0, 0.05) is 61.3 Å². The molecule has 1 aliphatic heterocycles. The summed E-state index contributed by atoms with van der Waals surface area (Å²) >= 11 is 0. The lowest BCUT2D eigenvalue weighted by molar-refractivity contribution is -0.274. The molecule has 0 bridgehead atoms. The predicted octanol–water partition coefficient (Wildman–Crippen LogP) is 4.87. The van der Waals surface area contributed by atoms with Crippen molar-refractivity contribution in [2.75, 3.05) is 38.1 Å². The zero-order valence-corrected chi connectivity index (χ0v) is 20.1. The normalized spacial score (nSPS) is 14.6. The molecule has 1 saturated heterocycles. The Kier molecular flexibility index (Phi) is 6.75. The van der Waals surface area contributed by atoms with Gasteiger partial charge in [-0.3, -0.25) is 4.79 Å². The molecule has 3 heterocycles. The van der Waals surface area contributed by atoms with E-state index in [0.717, 1.165) is 37.4 Å². The number of ether oxygens (including phenoxy) is 1. The fourth-order valence-corrected chi connectivity index (χ4v) is 4.29. The lowest BCUT2D eigenvalue weighted by Crippen LogP contribution is -2.44. The monoisotopic (exact) mass is 510 g/mol. The van der Waals surface area contributed by atoms with Gasteiger partial charge in [-0.2, -0.15) is 0 Å². The number of hydrogen-bond donors (Lipinski definition) is 0. The van der Waals surface area contributed by atoms with Gasteiger partial charge in [-0.15, -0.1) is 13.2 Å². The van der Waals surface area contributed by atoms with Crippen molar-refractivity contribution in [1.82, 2.24) is 14.6 Å². The molecule has 0 saturated carbocycles. The lowest BCUT2D eigenvalue weighted by Gasteiger charge is -2.34. The first kappa shape index (κ1) is 24.6. The Morgan fingerprint density at radius 1 is 0.946 bits per heavy atom. The third-order valence-electron chi connectivity index (χ3n) is 6.29. The Hall–Kier alpha value is -4.05. The van der Waals surface area contributed by atoms with Crippen LogP contribution in [0.2, 0.25) is 0 Å². The zero-order chi connectivity index (χ0) is 26.0. The van der Waals surface area contributed by atoms with E-state index in [4.69, 9.17) is 4.52 Å². The van der Waals surface area contributed by atoms with Crippen LogP contribution in [-0.2, 0) is 6.54 Å². The van der Waals surface area contributed by atoms with E-state index in [1.165, 1.54) is 30.3 Å². The molecule has 2 aromatic carbocycles. The predicted molar refractivity (Wildman–Crippen MR) is 134 cm³/mol. The van der Waals surface area contributed by atoms with Crippen molar-refractivity contribution in [3.05, 3.63) is 88.8 Å². The van der Waals surface area contributed by atoms with Crippen LogP contribution in [-0.4, -0.2) is 54.2 Å². The number of benzene rings is 2. The van der Waals surface area contributed by atoms with Crippen LogP contribution in [0.15, 0.2) is 82.2 Å². The smallest absolute Gasteiger partial charge is 0.406 e. The Balaban J connectivity index is 1.33. The van der Waals surface area contributed by atoms with E-state index >= 15 is 0 Å². The first-order valence-corrected chi connectivity index (χ1v) is 11.8. The largest absolute Gasteiger partial charge is 0.573 e. The molecule has 0 aliphatic carbocycles. The summed E-state index contributed by atoms with van der Waals surface area (Å²) < 4.78 is 48.1. The topological polar surface area (TPSA) is 63.7 Å². The number of likely N-dealkylation sites (N-methyl/N-ethyl adjacent to an activating group) is 1. The highest BCUT2D eigenvalue weighted by Gasteiger charge is 2.31. The van der Waals surface area contributed by atoms with Gasteiger partial charge >= 0.3 is 6.36 Å². The molecule has 10 heteroatoms. The van der Waals surface area contributed by atoms with E-state index in [0.29, 0.717) is 29.1 Å². The van der Waals surface area contributed by atoms with E-state index in [2.05, 4.69) is 38.9 Å². The Morgan fingerprint density at radius 3 is 2.41 bits per heavy atom. The first-order valence-electron chi connectivity index (χ1n) is 11.8. The molecule has 1 fully saturated rings. The summed E-state index contributed by atoms with van der Waals surface area (Å²) in [5.41, 5.74) is 3.74. The summed E-state index contributed by atoms with van der Waals surface area (Å²) in [5.74, 6) is 0.0611. The summed E-state index contributed by atoms with van der Waals surface area (Å²) in [7, 11) is 2.12. The van der Waals surface area contributed by atoms with Crippen molar-refractivity contribution in [2.24, 2.45) is 0 Å². The van der Waals surface area contributed by atoms with Crippen LogP contribution in [0.3, 0.4) is 0 Å². The SMILES string of the molecule is CN1CCN(c2cccc(Cn3cc(-c4cc(-c5ccc(OC(F)(F)F)cc5)on4)ccc3=O)c2)CC1. The highest BCUT2D eigenvalue weighted by molar-refractivity contribution is 5.66. The quantitative estimate of drug-likeness (QED) is 0.369. The number of aromatic nitrogens is 2. The number of nitrogens with zero attached hydrogens (tertiary/aromatic N) is 4. The van der Waals surface area contributed by atoms with Crippen molar-refractivity contribution in [1.29, 1.82) is 0 Å². The molecule has 0 atom stereocenters. The van der Waals surface area contributed by atoms with E-state index in [1.807, 2.05) is 12.1 Å². The van der Waals surface area contributed by atoms with E-state index in [-0.39, 0.29) is 11.3 Å². The third-order valence-corrected chi connectivity index (χ3v) is 6.29. The number of alkyl halides is 3. The summed E-state index contributed by atoms with van der Waals surface area (Å²) in [6, 6.07) is 18.4. The molecular formula is C27H25F3N4O3. The van der Waals surface area contributed by atoms with Gasteiger partial charge in [-0.1, -0.05) is 17.3 Å². The minimum Gasteiger partial charge on any atom is -0.406 e. The van der Waals surface area contributed by atoms with E-state index < -0.39 is 6.36 Å². The minimum atomic E-state index is -4.75. The number of rotatable bonds is 6. The average molecular weight is 511 g/mol. The molecule has 1 aliphatic rings. The van der Waals surface area contributed by atoms with E-state index in [1.54, 1.807) is 22.9 Å². The van der Waals surface area contributed by atoms with Gasteiger partial charge in [0.2, 0.25) is 0 Å². The van der Waals surface area contributed by atoms with Gasteiger partial charge in [0.15, 0.2) is 5.76 Å². The number of hydrogen-bond acceptors (Lipinski definition) is 6. The average Bonchev–Trinajstić information content (AvgIpc) is 3.36. The first-order chi connectivity index (χ1) is 17.7. The second-order valence-electron chi connectivity index (χ2n) is 8.99. The van der Waals surface area contributed by atoms with E-state index in [9.17, 15) is 18.0 Å². The molecule has 4 aromatic rings. The molecule has 192 valence electrons. The summed E-state index contributed by atoms with van der Waals surface area (Å²) in [4.78, 5) is 17.3. The molecule has 5 rings (SSSR count). The van der Waals surface area contributed by atoms with Gasteiger partial charge in [-0.05, 0) is 55.1 Å². The van der Waals surface area contributed by atoms with Crippen molar-refractivity contribution in [3.8, 4) is 28.3 Å². The highest BCUT2D eigenvalue weighted by atomic mass is 19.4. The van der Waals surface area contributed by atoms with Gasteiger partial charge in [0.05, 0.1) is 6.54 Å². The summed E-state index contributed by atoms with van der Waals surface area (Å²) in [5, 5.41) is 4.09. The summed E-state index contributed by atoms with van der Waals surface area (Å²) in [6.07, 6.45) is -3.03. The van der Waals surface area contributed by atoms with Crippen molar-refractivity contribution >= 4 is 5.69 Å². The van der Waals surface area contributed by atoms with Gasteiger partial charge in [0.1, 0.15) is 11.4 Å². The van der Waals surface area contributed by atoms with Crippen LogP contribution in [0.4, 0.5) is 18.9 Å². The Labute approximate surface area is 211 Å². The molecule has 0 spiro atoms. The van der Waals surface area contributed by atoms with Crippen LogP contribution in [0, 0.1) is 0 Å². The Bertz CT molecular complexity index is 1420. The maximum absolute atomic E-state index is 12.6. The fourth-order valence-electron chi connectivity index (χ4n) is 4.29. The van der Waals surface area contributed by atoms with Crippen LogP contribution in [0.5, 0.6) is 5.75 Å². The second kappa shape index (κ2) is 10.1. The molecule has 37 heavy (non-hydrogen) atoms. The van der Waals surface area contributed by atoms with Gasteiger partial charge in [0.25, 0.3) is 5.56 Å². The van der Waals surface area contributed by atoms with Crippen molar-refractivity contribution < 1.29 is 22.4 Å². The summed E-state index contributed by atoms with van der Waals surface area (Å²) in [6.45, 7) is 4.34. The van der Waals surface area contributed by atoms with Crippen LogP contribution >= 0.6 is 0 Å². The maximum atomic E-state index is 12.6. The third kappa shape index (κ3) is 6.03. The number of piperazine rings is 1. The molecule has 7 nitrogen and oxygen atoms in total. The van der Waals surface area contributed by atoms with Gasteiger partial charge < -0.3 is 23.6 Å². The molecule has 0 N–H and O–H groups in total. The molecule has 2 aromatic heterocycles. The second-order valence-corrected chi connectivity index (χ2v) is 8.99. The maximum Gasteiger partial charge on any atom is 0.573 e. The molecular weight excluding hydrogens is 485 g/mol. The van der Waals surface area contributed by atoms with Crippen molar-refractivity contribution in [3.63, 3.8) is 0 Å². The zero-order valence-electron chi connectivity index (χ0n) is 20.1. The van der Waals surface area contributed by atoms with Crippen LogP contribution in [0.25, 0.3) is 22.6 Å².